The predicted molar refractivity (Wildman–Crippen MR) is 46.0 cm³/mol. The summed E-state index contributed by atoms with van der Waals surface area (Å²) in [6.45, 7) is 7.05. The van der Waals surface area contributed by atoms with Crippen LogP contribution in [-0.4, -0.2) is 0 Å². The van der Waals surface area contributed by atoms with Gasteiger partial charge in [0, 0.05) is 0 Å². The van der Waals surface area contributed by atoms with E-state index in [-0.39, 0.29) is 0 Å². The number of rotatable bonds is 4. The van der Waals surface area contributed by atoms with Crippen LogP contribution in [0.5, 0.6) is 0 Å². The van der Waals surface area contributed by atoms with Gasteiger partial charge in [0.15, 0.2) is 0 Å². The van der Waals surface area contributed by atoms with E-state index in [1.54, 1.807) is 0 Å². The Balaban J connectivity index is 2.26. The molecule has 0 amide bonds. The smallest absolute Gasteiger partial charge is 0.0363 e. The van der Waals surface area contributed by atoms with Crippen LogP contribution < -0.4 is 0 Å². The van der Waals surface area contributed by atoms with Crippen LogP contribution in [0.1, 0.15) is 46.5 Å². The lowest BCUT2D eigenvalue weighted by Gasteiger charge is -2.18. The summed E-state index contributed by atoms with van der Waals surface area (Å²) in [5, 5.41) is 0. The number of hydrogen-bond donors (Lipinski definition) is 0. The van der Waals surface area contributed by atoms with Crippen molar-refractivity contribution in [2.75, 3.05) is 0 Å². The van der Waals surface area contributed by atoms with Gasteiger partial charge in [0.1, 0.15) is 0 Å². The summed E-state index contributed by atoms with van der Waals surface area (Å²) < 4.78 is 0. The lowest BCUT2D eigenvalue weighted by molar-refractivity contribution is 0.315. The summed E-state index contributed by atoms with van der Waals surface area (Å²) >= 11 is 0. The van der Waals surface area contributed by atoms with Crippen LogP contribution >= 0.6 is 0 Å². The van der Waals surface area contributed by atoms with Crippen LogP contribution in [0.3, 0.4) is 0 Å². The predicted octanol–water partition coefficient (Wildman–Crippen LogP) is 3.47. The van der Waals surface area contributed by atoms with Crippen LogP contribution in [0, 0.1) is 17.8 Å². The molecule has 1 atom stereocenters. The quantitative estimate of drug-likeness (QED) is 0.561. The minimum atomic E-state index is 0.924. The first-order valence-electron chi connectivity index (χ1n) is 4.75. The van der Waals surface area contributed by atoms with Gasteiger partial charge in [-0.05, 0) is 30.6 Å². The highest BCUT2D eigenvalue weighted by Crippen LogP contribution is 2.42. The van der Waals surface area contributed by atoms with Gasteiger partial charge in [0.05, 0.1) is 0 Å². The summed E-state index contributed by atoms with van der Waals surface area (Å²) in [7, 11) is 0. The lowest BCUT2D eigenvalue weighted by Crippen LogP contribution is -2.10. The Kier molecular flexibility index (Phi) is 2.76. The van der Waals surface area contributed by atoms with E-state index in [0.29, 0.717) is 0 Å². The second-order valence-electron chi connectivity index (χ2n) is 4.03. The average Bonchev–Trinajstić information content (AvgIpc) is 2.63. The normalized spacial score (nSPS) is 21.6. The molecule has 0 saturated heterocycles. The van der Waals surface area contributed by atoms with E-state index >= 15 is 0 Å². The van der Waals surface area contributed by atoms with E-state index in [9.17, 15) is 0 Å². The van der Waals surface area contributed by atoms with Gasteiger partial charge in [-0.3, -0.25) is 0 Å². The lowest BCUT2D eigenvalue weighted by atomic mass is 9.87. The Morgan fingerprint density at radius 3 is 2.20 bits per heavy atom. The molecule has 0 N–H and O–H groups in total. The van der Waals surface area contributed by atoms with E-state index in [1.807, 2.05) is 0 Å². The van der Waals surface area contributed by atoms with Crippen molar-refractivity contribution in [3.05, 3.63) is 0 Å². The van der Waals surface area contributed by atoms with Gasteiger partial charge in [-0.2, -0.15) is 0 Å². The molecular formula is C10H20. The van der Waals surface area contributed by atoms with Gasteiger partial charge < -0.3 is 0 Å². The zero-order valence-electron chi connectivity index (χ0n) is 7.56. The van der Waals surface area contributed by atoms with Crippen molar-refractivity contribution in [3.63, 3.8) is 0 Å². The molecule has 1 saturated carbocycles. The van der Waals surface area contributed by atoms with Gasteiger partial charge in [-0.15, -0.1) is 0 Å². The fourth-order valence-corrected chi connectivity index (χ4v) is 1.97. The van der Waals surface area contributed by atoms with Crippen molar-refractivity contribution in [2.45, 2.75) is 46.5 Å². The Morgan fingerprint density at radius 1 is 1.30 bits per heavy atom. The molecule has 10 heavy (non-hydrogen) atoms. The third-order valence-corrected chi connectivity index (χ3v) is 2.71. The Hall–Kier alpha value is 0. The van der Waals surface area contributed by atoms with E-state index in [1.165, 1.54) is 25.7 Å². The molecule has 0 aromatic carbocycles. The zero-order valence-corrected chi connectivity index (χ0v) is 7.56. The molecule has 0 bridgehead atoms. The molecular weight excluding hydrogens is 120 g/mol. The van der Waals surface area contributed by atoms with Gasteiger partial charge in [0.2, 0.25) is 0 Å². The largest absolute Gasteiger partial charge is 0.0654 e. The minimum absolute atomic E-state index is 0.924. The molecule has 0 heterocycles. The Morgan fingerprint density at radius 2 is 1.90 bits per heavy atom. The molecule has 0 aliphatic heterocycles. The first-order valence-corrected chi connectivity index (χ1v) is 4.75. The second kappa shape index (κ2) is 3.41. The highest BCUT2D eigenvalue weighted by molar-refractivity contribution is 4.82. The number of hydrogen-bond acceptors (Lipinski definition) is 0. The minimum Gasteiger partial charge on any atom is -0.0654 e. The van der Waals surface area contributed by atoms with E-state index in [0.717, 1.165) is 17.8 Å². The van der Waals surface area contributed by atoms with Crippen LogP contribution in [0.2, 0.25) is 0 Å². The molecule has 60 valence electrons. The molecule has 0 heteroatoms. The van der Waals surface area contributed by atoms with Crippen molar-refractivity contribution in [1.82, 2.24) is 0 Å². The summed E-state index contributed by atoms with van der Waals surface area (Å²) in [6.07, 6.45) is 5.87. The maximum absolute atomic E-state index is 2.37. The molecule has 1 aliphatic carbocycles. The standard InChI is InChI=1S/C10H20/c1-4-5-10(8(2)3)9-6-7-9/h8-10H,4-7H2,1-3H3. The molecule has 1 unspecified atom stereocenters. The Bertz CT molecular complexity index is 88.2. The average molecular weight is 140 g/mol. The molecule has 1 rings (SSSR count). The molecule has 1 aliphatic rings. The van der Waals surface area contributed by atoms with Gasteiger partial charge in [0.25, 0.3) is 0 Å². The first kappa shape index (κ1) is 8.10. The monoisotopic (exact) mass is 140 g/mol. The van der Waals surface area contributed by atoms with Gasteiger partial charge in [-0.1, -0.05) is 33.6 Å². The maximum Gasteiger partial charge on any atom is -0.0363 e. The molecule has 0 aromatic heterocycles. The van der Waals surface area contributed by atoms with Crippen molar-refractivity contribution in [1.29, 1.82) is 0 Å². The maximum atomic E-state index is 2.37. The van der Waals surface area contributed by atoms with E-state index in [4.69, 9.17) is 0 Å². The summed E-state index contributed by atoms with van der Waals surface area (Å²) in [5.41, 5.74) is 0. The third kappa shape index (κ3) is 2.00. The van der Waals surface area contributed by atoms with E-state index < -0.39 is 0 Å². The topological polar surface area (TPSA) is 0 Å². The third-order valence-electron chi connectivity index (χ3n) is 2.71. The highest BCUT2D eigenvalue weighted by atomic mass is 14.4. The molecule has 0 spiro atoms. The summed E-state index contributed by atoms with van der Waals surface area (Å²) in [6, 6.07) is 0. The van der Waals surface area contributed by atoms with Gasteiger partial charge in [-0.25, -0.2) is 0 Å². The van der Waals surface area contributed by atoms with Crippen molar-refractivity contribution < 1.29 is 0 Å². The Labute approximate surface area is 65.0 Å². The van der Waals surface area contributed by atoms with Crippen molar-refractivity contribution in [3.8, 4) is 0 Å². The van der Waals surface area contributed by atoms with Crippen molar-refractivity contribution in [2.24, 2.45) is 17.8 Å². The fourth-order valence-electron chi connectivity index (χ4n) is 1.97. The first-order chi connectivity index (χ1) is 4.75. The summed E-state index contributed by atoms with van der Waals surface area (Å²) in [5.74, 6) is 3.08. The SMILES string of the molecule is CCCC(C(C)C)C1CC1. The van der Waals surface area contributed by atoms with Crippen LogP contribution in [-0.2, 0) is 0 Å². The van der Waals surface area contributed by atoms with Crippen LogP contribution in [0.25, 0.3) is 0 Å². The fraction of sp³-hybridized carbons (Fsp3) is 1.00. The molecule has 0 aromatic rings. The highest BCUT2D eigenvalue weighted by Gasteiger charge is 2.31. The van der Waals surface area contributed by atoms with Crippen molar-refractivity contribution >= 4 is 0 Å². The molecule has 0 nitrogen and oxygen atoms in total. The zero-order chi connectivity index (χ0) is 7.56. The van der Waals surface area contributed by atoms with Crippen LogP contribution in [0.4, 0.5) is 0 Å². The van der Waals surface area contributed by atoms with E-state index in [2.05, 4.69) is 20.8 Å². The summed E-state index contributed by atoms with van der Waals surface area (Å²) in [4.78, 5) is 0. The van der Waals surface area contributed by atoms with Crippen LogP contribution in [0.15, 0.2) is 0 Å². The second-order valence-corrected chi connectivity index (χ2v) is 4.03. The molecule has 1 fully saturated rings. The van der Waals surface area contributed by atoms with Gasteiger partial charge >= 0.3 is 0 Å². The molecule has 0 radical (unpaired) electrons.